The Hall–Kier alpha value is -2.83. The summed E-state index contributed by atoms with van der Waals surface area (Å²) < 4.78 is 0. The van der Waals surface area contributed by atoms with Crippen LogP contribution in [0.15, 0.2) is 53.5 Å². The van der Waals surface area contributed by atoms with Crippen LogP contribution >= 0.6 is 0 Å². The number of Topliss-reactive ketones (excluding diaryl/α,β-unsaturated/α-hetero) is 1. The highest BCUT2D eigenvalue weighted by Crippen LogP contribution is 2.29. The molecule has 0 aromatic heterocycles. The van der Waals surface area contributed by atoms with Gasteiger partial charge in [0.1, 0.15) is 5.60 Å². The van der Waals surface area contributed by atoms with Crippen LogP contribution in [0.2, 0.25) is 0 Å². The van der Waals surface area contributed by atoms with Crippen LogP contribution in [0.4, 0.5) is 5.69 Å². The Morgan fingerprint density at radius 2 is 1.81 bits per heavy atom. The van der Waals surface area contributed by atoms with Crippen molar-refractivity contribution in [1.29, 1.82) is 0 Å². The molecule has 3 N–H and O–H groups in total. The van der Waals surface area contributed by atoms with Gasteiger partial charge in [0.2, 0.25) is 5.78 Å². The summed E-state index contributed by atoms with van der Waals surface area (Å²) >= 11 is 0. The number of aliphatic imine (C=N–C) groups is 1. The molecule has 1 amide bonds. The Kier molecular flexibility index (Phi) is 7.03. The molecule has 0 bridgehead atoms. The number of hydrogen-bond donors (Lipinski definition) is 2. The molecular weight excluding hydrogens is 390 g/mol. The molecule has 6 nitrogen and oxygen atoms in total. The second kappa shape index (κ2) is 9.54. The number of nitrogens with zero attached hydrogens (tertiary/aromatic N) is 2. The number of nitrogens with two attached hydrogens (primary N) is 1. The third-order valence-electron chi connectivity index (χ3n) is 5.71. The number of amides is 1. The van der Waals surface area contributed by atoms with E-state index in [9.17, 15) is 14.7 Å². The highest BCUT2D eigenvalue weighted by molar-refractivity contribution is 6.42. The van der Waals surface area contributed by atoms with Gasteiger partial charge < -0.3 is 15.7 Å². The molecule has 0 saturated carbocycles. The highest BCUT2D eigenvalue weighted by Gasteiger charge is 2.27. The molecule has 0 unspecified atom stereocenters. The minimum Gasteiger partial charge on any atom is -0.382 e. The fraction of sp³-hybridized carbons (Fsp3) is 0.400. The Morgan fingerprint density at radius 3 is 2.45 bits per heavy atom. The molecule has 164 valence electrons. The summed E-state index contributed by atoms with van der Waals surface area (Å²) in [5.41, 5.74) is 7.98. The van der Waals surface area contributed by atoms with Gasteiger partial charge in [-0.3, -0.25) is 9.59 Å². The second-order valence-corrected chi connectivity index (χ2v) is 8.65. The molecule has 3 rings (SSSR count). The van der Waals surface area contributed by atoms with E-state index < -0.39 is 11.4 Å². The summed E-state index contributed by atoms with van der Waals surface area (Å²) in [6.07, 6.45) is 1.83. The topological polar surface area (TPSA) is 96.0 Å². The largest absolute Gasteiger partial charge is 0.382 e. The lowest BCUT2D eigenvalue weighted by Crippen LogP contribution is -2.37. The van der Waals surface area contributed by atoms with E-state index in [2.05, 4.69) is 17.1 Å². The summed E-state index contributed by atoms with van der Waals surface area (Å²) in [4.78, 5) is 31.4. The number of hydrogen-bond acceptors (Lipinski definition) is 5. The zero-order chi connectivity index (χ0) is 22.6. The highest BCUT2D eigenvalue weighted by atomic mass is 16.3. The quantitative estimate of drug-likeness (QED) is 0.697. The second-order valence-electron chi connectivity index (χ2n) is 8.65. The van der Waals surface area contributed by atoms with Crippen molar-refractivity contribution in [1.82, 2.24) is 4.90 Å². The number of aliphatic hydroxyl groups is 1. The number of carbonyl (C=O) groups is 2. The van der Waals surface area contributed by atoms with Gasteiger partial charge in [0, 0.05) is 25.2 Å². The van der Waals surface area contributed by atoms with E-state index in [1.165, 1.54) is 19.4 Å². The monoisotopic (exact) mass is 421 g/mol. The molecule has 1 aliphatic rings. The molecule has 0 spiro atoms. The molecule has 1 aliphatic heterocycles. The van der Waals surface area contributed by atoms with Gasteiger partial charge in [0.25, 0.3) is 5.91 Å². The van der Waals surface area contributed by atoms with Crippen molar-refractivity contribution in [2.24, 2.45) is 10.7 Å². The van der Waals surface area contributed by atoms with Crippen LogP contribution in [-0.4, -0.2) is 46.1 Å². The van der Waals surface area contributed by atoms with Crippen LogP contribution in [-0.2, 0) is 11.3 Å². The maximum absolute atomic E-state index is 13.0. The molecule has 0 radical (unpaired) electrons. The Balaban J connectivity index is 1.67. The van der Waals surface area contributed by atoms with Crippen LogP contribution in [0, 0.1) is 0 Å². The van der Waals surface area contributed by atoms with E-state index in [0.717, 1.165) is 18.4 Å². The average Bonchev–Trinajstić information content (AvgIpc) is 2.77. The first-order valence-electron chi connectivity index (χ1n) is 10.7. The Morgan fingerprint density at radius 1 is 1.13 bits per heavy atom. The van der Waals surface area contributed by atoms with Gasteiger partial charge in [0.05, 0.1) is 11.4 Å². The van der Waals surface area contributed by atoms with E-state index in [-0.39, 0.29) is 11.6 Å². The SMILES string of the molecule is CC(=Nc1cccc(C(=O)N2CCC(c3cccc(CN)c3)CC2)c1)C(=O)C(C)(C)O. The minimum atomic E-state index is -1.48. The van der Waals surface area contributed by atoms with Gasteiger partial charge in [0.15, 0.2) is 0 Å². The normalized spacial score (nSPS) is 15.8. The summed E-state index contributed by atoms with van der Waals surface area (Å²) in [6, 6.07) is 15.4. The number of benzene rings is 2. The molecule has 2 aromatic rings. The lowest BCUT2D eigenvalue weighted by atomic mass is 9.88. The van der Waals surface area contributed by atoms with Crippen LogP contribution in [0.5, 0.6) is 0 Å². The van der Waals surface area contributed by atoms with Crippen molar-refractivity contribution in [2.45, 2.75) is 51.7 Å². The fourth-order valence-corrected chi connectivity index (χ4v) is 3.97. The van der Waals surface area contributed by atoms with Gasteiger partial charge in [-0.25, -0.2) is 4.99 Å². The van der Waals surface area contributed by atoms with Crippen LogP contribution in [0.3, 0.4) is 0 Å². The predicted molar refractivity (Wildman–Crippen MR) is 123 cm³/mol. The minimum absolute atomic E-state index is 0.0299. The van der Waals surface area contributed by atoms with Crippen molar-refractivity contribution in [3.05, 3.63) is 65.2 Å². The standard InChI is InChI=1S/C25H31N3O3/c1-17(23(29)25(2,3)31)27-22-9-5-8-21(15-22)24(30)28-12-10-19(11-13-28)20-7-4-6-18(14-20)16-26/h4-9,14-15,19,31H,10-13,16,26H2,1-3H3. The summed E-state index contributed by atoms with van der Waals surface area (Å²) in [5.74, 6) is -0.0373. The molecular formula is C25H31N3O3. The number of rotatable bonds is 6. The summed E-state index contributed by atoms with van der Waals surface area (Å²) in [5, 5.41) is 9.88. The van der Waals surface area contributed by atoms with Crippen molar-refractivity contribution in [3.63, 3.8) is 0 Å². The van der Waals surface area contributed by atoms with Crippen molar-refractivity contribution in [3.8, 4) is 0 Å². The number of ketones is 1. The molecule has 31 heavy (non-hydrogen) atoms. The lowest BCUT2D eigenvalue weighted by molar-refractivity contribution is -0.126. The van der Waals surface area contributed by atoms with Crippen molar-refractivity contribution >= 4 is 23.1 Å². The van der Waals surface area contributed by atoms with Gasteiger partial charge in [-0.05, 0) is 68.9 Å². The molecule has 2 aromatic carbocycles. The van der Waals surface area contributed by atoms with Gasteiger partial charge >= 0.3 is 0 Å². The maximum atomic E-state index is 13.0. The van der Waals surface area contributed by atoms with Crippen molar-refractivity contribution in [2.75, 3.05) is 13.1 Å². The molecule has 1 saturated heterocycles. The predicted octanol–water partition coefficient (Wildman–Crippen LogP) is 3.60. The first-order chi connectivity index (χ1) is 14.7. The maximum Gasteiger partial charge on any atom is 0.253 e. The first kappa shape index (κ1) is 22.8. The van der Waals surface area contributed by atoms with Gasteiger partial charge in [-0.15, -0.1) is 0 Å². The molecule has 0 aliphatic carbocycles. The van der Waals surface area contributed by atoms with Crippen LogP contribution in [0.1, 0.15) is 61.0 Å². The average molecular weight is 422 g/mol. The zero-order valence-corrected chi connectivity index (χ0v) is 18.5. The number of carbonyl (C=O) groups excluding carboxylic acids is 2. The smallest absolute Gasteiger partial charge is 0.253 e. The lowest BCUT2D eigenvalue weighted by Gasteiger charge is -2.32. The van der Waals surface area contributed by atoms with Crippen molar-refractivity contribution < 1.29 is 14.7 Å². The number of piperidine rings is 1. The third kappa shape index (κ3) is 5.66. The first-order valence-corrected chi connectivity index (χ1v) is 10.7. The van der Waals surface area contributed by atoms with E-state index in [1.807, 2.05) is 17.0 Å². The summed E-state index contributed by atoms with van der Waals surface area (Å²) in [7, 11) is 0. The number of likely N-dealkylation sites (tertiary alicyclic amines) is 1. The van der Waals surface area contributed by atoms with E-state index in [1.54, 1.807) is 31.2 Å². The summed E-state index contributed by atoms with van der Waals surface area (Å²) in [6.45, 7) is 6.36. The van der Waals surface area contributed by atoms with Gasteiger partial charge in [-0.2, -0.15) is 0 Å². The van der Waals surface area contributed by atoms with Gasteiger partial charge in [-0.1, -0.05) is 30.3 Å². The van der Waals surface area contributed by atoms with E-state index in [0.29, 0.717) is 36.8 Å². The molecule has 1 fully saturated rings. The Bertz CT molecular complexity index is 984. The fourth-order valence-electron chi connectivity index (χ4n) is 3.97. The van der Waals surface area contributed by atoms with E-state index in [4.69, 9.17) is 5.73 Å². The molecule has 0 atom stereocenters. The molecule has 1 heterocycles. The Labute approximate surface area is 183 Å². The molecule has 6 heteroatoms. The van der Waals surface area contributed by atoms with Crippen LogP contribution < -0.4 is 5.73 Å². The van der Waals surface area contributed by atoms with E-state index >= 15 is 0 Å². The zero-order valence-electron chi connectivity index (χ0n) is 18.5. The third-order valence-corrected chi connectivity index (χ3v) is 5.71. The van der Waals surface area contributed by atoms with Crippen LogP contribution in [0.25, 0.3) is 0 Å².